The summed E-state index contributed by atoms with van der Waals surface area (Å²) in [6.45, 7) is 4.69. The fourth-order valence-corrected chi connectivity index (χ4v) is 0.0786. The van der Waals surface area contributed by atoms with Crippen molar-refractivity contribution in [1.29, 1.82) is 0 Å². The van der Waals surface area contributed by atoms with E-state index in [1.807, 2.05) is 0 Å². The fraction of sp³-hybridized carbons (Fsp3) is 0.375. The van der Waals surface area contributed by atoms with Crippen LogP contribution in [0.4, 0.5) is 0 Å². The van der Waals surface area contributed by atoms with Gasteiger partial charge in [-0.1, -0.05) is 6.08 Å². The van der Waals surface area contributed by atoms with E-state index in [0.29, 0.717) is 0 Å². The van der Waals surface area contributed by atoms with Gasteiger partial charge in [-0.05, 0) is 26.8 Å². The van der Waals surface area contributed by atoms with E-state index >= 15 is 0 Å². The Balaban J connectivity index is -0.0000000406. The highest BCUT2D eigenvalue weighted by Gasteiger charge is 1.48. The van der Waals surface area contributed by atoms with Gasteiger partial charge in [-0.2, -0.15) is 0 Å². The standard InChI is InChI=1S/C4H6O.2C2H4O.H2O/c1-2-3-4-5;2*1-2-3;/h2-4H,1H3;2*2H,1H3;1H2/b3-2+;;;. The number of hydrogen-bond acceptors (Lipinski definition) is 3. The molecule has 0 spiro atoms. The van der Waals surface area contributed by atoms with Crippen LogP contribution in [0.15, 0.2) is 12.2 Å². The summed E-state index contributed by atoms with van der Waals surface area (Å²) < 4.78 is 0. The second-order valence-electron chi connectivity index (χ2n) is 1.13. The molecule has 0 amide bonds. The second kappa shape index (κ2) is 53.5. The molecule has 4 nitrogen and oxygen atoms in total. The highest BCUT2D eigenvalue weighted by atomic mass is 16.1. The average Bonchev–Trinajstić information content (AvgIpc) is 1.92. The number of carbonyl (C=O) groups is 3. The Hall–Kier alpha value is -1.29. The summed E-state index contributed by atoms with van der Waals surface area (Å²) >= 11 is 0. The third-order valence-corrected chi connectivity index (χ3v) is 0.271. The summed E-state index contributed by atoms with van der Waals surface area (Å²) in [5.74, 6) is 0. The molecular formula is C8H16O4. The molecule has 72 valence electrons. The van der Waals surface area contributed by atoms with Gasteiger partial charge in [0, 0.05) is 0 Å². The van der Waals surface area contributed by atoms with Crippen LogP contribution in [0, 0.1) is 0 Å². The monoisotopic (exact) mass is 176 g/mol. The Kier molecular flexibility index (Phi) is 100. The van der Waals surface area contributed by atoms with Crippen LogP contribution in [0.5, 0.6) is 0 Å². The Morgan fingerprint density at radius 3 is 1.08 bits per heavy atom. The third kappa shape index (κ3) is 1030. The molecule has 0 aliphatic rings. The minimum atomic E-state index is 0. The molecule has 0 atom stereocenters. The number of carbonyl (C=O) groups excluding carboxylic acids is 3. The van der Waals surface area contributed by atoms with Gasteiger partial charge in [0.05, 0.1) is 0 Å². The SMILES string of the molecule is C/C=C/C=O.CC=O.CC=O.O. The molecule has 0 rings (SSSR count). The molecule has 0 fully saturated rings. The lowest BCUT2D eigenvalue weighted by Gasteiger charge is -1.51. The molecule has 4 heteroatoms. The first-order valence-electron chi connectivity index (χ1n) is 3.11. The number of hydrogen-bond donors (Lipinski definition) is 0. The maximum Gasteiger partial charge on any atom is 0.142 e. The van der Waals surface area contributed by atoms with Gasteiger partial charge in [-0.3, -0.25) is 4.79 Å². The van der Waals surface area contributed by atoms with Gasteiger partial charge >= 0.3 is 0 Å². The fourth-order valence-electron chi connectivity index (χ4n) is 0.0786. The zero-order valence-electron chi connectivity index (χ0n) is 7.61. The molecule has 0 heterocycles. The van der Waals surface area contributed by atoms with Crippen molar-refractivity contribution >= 4 is 18.9 Å². The van der Waals surface area contributed by atoms with E-state index in [0.717, 1.165) is 18.9 Å². The summed E-state index contributed by atoms with van der Waals surface area (Å²) in [5.41, 5.74) is 0. The molecular weight excluding hydrogens is 160 g/mol. The van der Waals surface area contributed by atoms with Crippen molar-refractivity contribution in [3.05, 3.63) is 12.2 Å². The van der Waals surface area contributed by atoms with Crippen molar-refractivity contribution in [2.24, 2.45) is 0 Å². The molecule has 0 aromatic carbocycles. The Morgan fingerprint density at radius 1 is 0.833 bits per heavy atom. The van der Waals surface area contributed by atoms with Gasteiger partial charge in [0.15, 0.2) is 0 Å². The number of rotatable bonds is 1. The van der Waals surface area contributed by atoms with E-state index in [-0.39, 0.29) is 5.48 Å². The lowest BCUT2D eigenvalue weighted by Crippen LogP contribution is -1.50. The maximum atomic E-state index is 9.32. The quantitative estimate of drug-likeness (QED) is 0.427. The summed E-state index contributed by atoms with van der Waals surface area (Å²) in [4.78, 5) is 26.9. The molecule has 0 bridgehead atoms. The largest absolute Gasteiger partial charge is 0.412 e. The zero-order chi connectivity index (χ0) is 9.54. The van der Waals surface area contributed by atoms with Gasteiger partial charge < -0.3 is 15.1 Å². The molecule has 0 aliphatic carbocycles. The molecule has 0 aromatic rings. The van der Waals surface area contributed by atoms with E-state index in [1.54, 1.807) is 13.0 Å². The number of aldehydes is 3. The van der Waals surface area contributed by atoms with Crippen molar-refractivity contribution in [3.8, 4) is 0 Å². The summed E-state index contributed by atoms with van der Waals surface area (Å²) in [6, 6.07) is 0. The Labute approximate surface area is 72.6 Å². The zero-order valence-corrected chi connectivity index (χ0v) is 7.61. The van der Waals surface area contributed by atoms with Crippen LogP contribution >= 0.6 is 0 Å². The molecule has 0 aromatic heterocycles. The van der Waals surface area contributed by atoms with Gasteiger partial charge in [0.2, 0.25) is 0 Å². The van der Waals surface area contributed by atoms with Gasteiger partial charge in [0.25, 0.3) is 0 Å². The Morgan fingerprint density at radius 2 is 1.08 bits per heavy atom. The van der Waals surface area contributed by atoms with Crippen LogP contribution in [-0.4, -0.2) is 24.3 Å². The molecule has 0 unspecified atom stereocenters. The highest BCUT2D eigenvalue weighted by molar-refractivity contribution is 5.64. The van der Waals surface area contributed by atoms with Gasteiger partial charge in [-0.15, -0.1) is 0 Å². The summed E-state index contributed by atoms with van der Waals surface area (Å²) in [6.07, 6.45) is 5.38. The van der Waals surface area contributed by atoms with Crippen molar-refractivity contribution in [2.45, 2.75) is 20.8 Å². The van der Waals surface area contributed by atoms with E-state index in [4.69, 9.17) is 9.59 Å². The predicted molar refractivity (Wildman–Crippen MR) is 48.0 cm³/mol. The molecule has 2 N–H and O–H groups in total. The minimum absolute atomic E-state index is 0. The van der Waals surface area contributed by atoms with Crippen molar-refractivity contribution in [1.82, 2.24) is 0 Å². The molecule has 0 saturated heterocycles. The maximum absolute atomic E-state index is 9.32. The van der Waals surface area contributed by atoms with Crippen LogP contribution < -0.4 is 0 Å². The smallest absolute Gasteiger partial charge is 0.142 e. The highest BCUT2D eigenvalue weighted by Crippen LogP contribution is 1.55. The van der Waals surface area contributed by atoms with Gasteiger partial charge in [0.1, 0.15) is 18.9 Å². The summed E-state index contributed by atoms with van der Waals surface area (Å²) in [5, 5.41) is 0. The topological polar surface area (TPSA) is 82.7 Å². The molecule has 0 radical (unpaired) electrons. The molecule has 0 aliphatic heterocycles. The summed E-state index contributed by atoms with van der Waals surface area (Å²) in [7, 11) is 0. The lowest BCUT2D eigenvalue weighted by atomic mass is 10.6. The van der Waals surface area contributed by atoms with Gasteiger partial charge in [-0.25, -0.2) is 0 Å². The lowest BCUT2D eigenvalue weighted by molar-refractivity contribution is -0.106. The first-order chi connectivity index (χ1) is 5.24. The Bertz CT molecular complexity index is 102. The van der Waals surface area contributed by atoms with Crippen molar-refractivity contribution < 1.29 is 19.9 Å². The second-order valence-corrected chi connectivity index (χ2v) is 1.13. The normalized spacial score (nSPS) is 5.92. The molecule has 0 saturated carbocycles. The average molecular weight is 176 g/mol. The van der Waals surface area contributed by atoms with E-state index in [2.05, 4.69) is 0 Å². The van der Waals surface area contributed by atoms with Crippen molar-refractivity contribution in [3.63, 3.8) is 0 Å². The minimum Gasteiger partial charge on any atom is -0.412 e. The first-order valence-corrected chi connectivity index (χ1v) is 3.11. The predicted octanol–water partition coefficient (Wildman–Crippen LogP) is 0.347. The van der Waals surface area contributed by atoms with E-state index in [9.17, 15) is 4.79 Å². The van der Waals surface area contributed by atoms with Crippen molar-refractivity contribution in [2.75, 3.05) is 0 Å². The number of allylic oxidation sites excluding steroid dienone is 2. The molecule has 12 heavy (non-hydrogen) atoms. The van der Waals surface area contributed by atoms with Crippen LogP contribution in [0.3, 0.4) is 0 Å². The van der Waals surface area contributed by atoms with E-state index < -0.39 is 0 Å². The van der Waals surface area contributed by atoms with Crippen LogP contribution in [0.1, 0.15) is 20.8 Å². The van der Waals surface area contributed by atoms with Crippen LogP contribution in [0.25, 0.3) is 0 Å². The van der Waals surface area contributed by atoms with Crippen LogP contribution in [0.2, 0.25) is 0 Å². The van der Waals surface area contributed by atoms with Crippen LogP contribution in [-0.2, 0) is 14.4 Å². The third-order valence-electron chi connectivity index (χ3n) is 0.271. The van der Waals surface area contributed by atoms with E-state index in [1.165, 1.54) is 19.9 Å². The first kappa shape index (κ1) is 22.4.